The number of rotatable bonds is 11. The summed E-state index contributed by atoms with van der Waals surface area (Å²) in [5.74, 6) is -2.41. The fourth-order valence-corrected chi connectivity index (χ4v) is 13.2. The zero-order valence-corrected chi connectivity index (χ0v) is 36.3. The molecule has 0 heterocycles. The molecule has 9 heteroatoms. The molecule has 0 aromatic heterocycles. The van der Waals surface area contributed by atoms with Crippen molar-refractivity contribution in [2.75, 3.05) is 0 Å². The van der Waals surface area contributed by atoms with E-state index in [4.69, 9.17) is 16.3 Å². The number of carboxylic acid groups (broad SMARTS) is 1. The lowest BCUT2D eigenvalue weighted by molar-refractivity contribution is -0.231. The maximum absolute atomic E-state index is 14.6. The van der Waals surface area contributed by atoms with Gasteiger partial charge in [0.2, 0.25) is 5.78 Å². The first-order valence-corrected chi connectivity index (χ1v) is 21.7. The second-order valence-electron chi connectivity index (χ2n) is 20.6. The topological polar surface area (TPSA) is 127 Å². The summed E-state index contributed by atoms with van der Waals surface area (Å²) in [7, 11) is 0. The second kappa shape index (κ2) is 14.7. The molecular weight excluding hydrogens is 726 g/mol. The molecule has 8 nitrogen and oxygen atoms in total. The Kier molecular flexibility index (Phi) is 11.2. The number of benzene rings is 1. The Balaban J connectivity index is 1.30. The van der Waals surface area contributed by atoms with Crippen LogP contribution in [0.4, 0.5) is 0 Å². The number of allylic oxidation sites excluding steroid dienone is 2. The van der Waals surface area contributed by atoms with Gasteiger partial charge in [-0.3, -0.25) is 24.0 Å². The predicted octanol–water partition coefficient (Wildman–Crippen LogP) is 10.0. The summed E-state index contributed by atoms with van der Waals surface area (Å²) < 4.78 is 6.16. The normalized spacial score (nSPS) is 35.2. The van der Waals surface area contributed by atoms with Crippen molar-refractivity contribution in [2.45, 2.75) is 158 Å². The Morgan fingerprint density at radius 3 is 2.05 bits per heavy atom. The fourth-order valence-electron chi connectivity index (χ4n) is 13.0. The molecule has 0 aliphatic heterocycles. The van der Waals surface area contributed by atoms with E-state index in [-0.39, 0.29) is 51.8 Å². The average molecular weight is 792 g/mol. The number of fused-ring (bicyclic) bond motifs is 5. The first kappa shape index (κ1) is 42.6. The van der Waals surface area contributed by atoms with Gasteiger partial charge in [0.1, 0.15) is 6.10 Å². The van der Waals surface area contributed by atoms with E-state index < -0.39 is 40.5 Å². The third kappa shape index (κ3) is 6.89. The van der Waals surface area contributed by atoms with Crippen molar-refractivity contribution in [1.82, 2.24) is 5.32 Å². The zero-order chi connectivity index (χ0) is 41.4. The van der Waals surface area contributed by atoms with Crippen molar-refractivity contribution < 1.29 is 33.8 Å². The lowest BCUT2D eigenvalue weighted by Crippen LogP contribution is -2.65. The molecule has 8 atom stereocenters. The Morgan fingerprint density at radius 2 is 1.48 bits per heavy atom. The summed E-state index contributed by atoms with van der Waals surface area (Å²) in [5.41, 5.74) is 0.270. The minimum Gasteiger partial charge on any atom is -0.481 e. The van der Waals surface area contributed by atoms with Gasteiger partial charge in [0.25, 0.3) is 5.91 Å². The van der Waals surface area contributed by atoms with Gasteiger partial charge in [-0.15, -0.1) is 0 Å². The largest absolute Gasteiger partial charge is 0.481 e. The zero-order valence-electron chi connectivity index (χ0n) is 35.5. The molecule has 0 unspecified atom stereocenters. The van der Waals surface area contributed by atoms with Crippen molar-refractivity contribution in [2.24, 2.45) is 56.7 Å². The number of ketones is 2. The molecule has 2 N–H and O–H groups in total. The van der Waals surface area contributed by atoms with Crippen LogP contribution in [0.2, 0.25) is 5.02 Å². The van der Waals surface area contributed by atoms with Crippen LogP contribution in [0.25, 0.3) is 0 Å². The lowest BCUT2D eigenvalue weighted by Gasteiger charge is -2.71. The molecule has 1 aromatic carbocycles. The molecule has 308 valence electrons. The highest BCUT2D eigenvalue weighted by Gasteiger charge is 2.69. The minimum absolute atomic E-state index is 0.00124. The highest BCUT2D eigenvalue weighted by atomic mass is 35.5. The number of nitrogens with one attached hydrogen (secondary N) is 1. The average Bonchev–Trinajstić information content (AvgIpc) is 3.89. The molecule has 0 radical (unpaired) electrons. The molecule has 5 fully saturated rings. The van der Waals surface area contributed by atoms with E-state index in [2.05, 4.69) is 53.8 Å². The summed E-state index contributed by atoms with van der Waals surface area (Å²) in [6.07, 6.45) is 8.14. The van der Waals surface area contributed by atoms with Crippen LogP contribution in [0.1, 0.15) is 152 Å². The van der Waals surface area contributed by atoms with Gasteiger partial charge in [0.15, 0.2) is 5.78 Å². The van der Waals surface area contributed by atoms with Crippen LogP contribution in [0.3, 0.4) is 0 Å². The minimum atomic E-state index is -1.19. The van der Waals surface area contributed by atoms with E-state index in [0.29, 0.717) is 29.7 Å². The molecule has 1 amide bonds. The molecule has 1 aromatic rings. The van der Waals surface area contributed by atoms with Crippen LogP contribution in [-0.2, 0) is 34.2 Å². The highest BCUT2D eigenvalue weighted by molar-refractivity contribution is 6.38. The number of hydrogen-bond acceptors (Lipinski definition) is 6. The molecule has 6 rings (SSSR count). The van der Waals surface area contributed by atoms with E-state index in [0.717, 1.165) is 74.5 Å². The number of amides is 1. The van der Waals surface area contributed by atoms with Gasteiger partial charge in [0, 0.05) is 22.8 Å². The summed E-state index contributed by atoms with van der Waals surface area (Å²) in [6, 6.07) is 7.48. The van der Waals surface area contributed by atoms with Crippen LogP contribution in [0.5, 0.6) is 0 Å². The predicted molar refractivity (Wildman–Crippen MR) is 218 cm³/mol. The number of ether oxygens (including phenoxy) is 1. The van der Waals surface area contributed by atoms with Crippen molar-refractivity contribution in [3.63, 3.8) is 0 Å². The smallest absolute Gasteiger partial charge is 0.309 e. The molecular formula is C47H66ClNO7. The van der Waals surface area contributed by atoms with Crippen LogP contribution in [-0.4, -0.2) is 40.6 Å². The SMILES string of the molecule is CCC(=O)/C(=C1\[C@@H](C(=O)C(=O)NC2(c3ccc(Cl)cc3)CC2)CC[C@]2(C)[C@@H]1CC[C@@H]1[C@@]3(C)CC[C@H](OC(=O)CC(C)(C)C(=O)O)C(C)(C)[C@@H]3CC[C@]12C)C(C)C. The van der Waals surface area contributed by atoms with Gasteiger partial charge in [-0.05, 0) is 147 Å². The fraction of sp³-hybridized carbons (Fsp3) is 0.723. The van der Waals surface area contributed by atoms with Crippen molar-refractivity contribution >= 4 is 41.0 Å². The molecule has 5 saturated carbocycles. The monoisotopic (exact) mass is 791 g/mol. The van der Waals surface area contributed by atoms with E-state index in [1.165, 1.54) is 0 Å². The Hall–Kier alpha value is -3.00. The number of carboxylic acids is 1. The molecule has 5 aliphatic rings. The number of carbonyl (C=O) groups excluding carboxylic acids is 4. The number of Topliss-reactive ketones (excluding diaryl/α,β-unsaturated/α-hetero) is 2. The summed E-state index contributed by atoms with van der Waals surface area (Å²) in [6.45, 7) is 20.9. The molecule has 0 spiro atoms. The third-order valence-electron chi connectivity index (χ3n) is 16.5. The number of carbonyl (C=O) groups is 5. The Bertz CT molecular complexity index is 1810. The first-order chi connectivity index (χ1) is 26.0. The molecule has 56 heavy (non-hydrogen) atoms. The second-order valence-corrected chi connectivity index (χ2v) is 21.1. The quantitative estimate of drug-likeness (QED) is 0.130. The number of halogens is 1. The highest BCUT2D eigenvalue weighted by Crippen LogP contribution is 2.75. The molecule has 0 bridgehead atoms. The van der Waals surface area contributed by atoms with Crippen LogP contribution in [0.15, 0.2) is 35.4 Å². The maximum Gasteiger partial charge on any atom is 0.309 e. The first-order valence-electron chi connectivity index (χ1n) is 21.3. The molecule has 0 saturated heterocycles. The Labute approximate surface area is 339 Å². The van der Waals surface area contributed by atoms with Gasteiger partial charge in [-0.1, -0.05) is 79.1 Å². The van der Waals surface area contributed by atoms with Crippen molar-refractivity contribution in [1.29, 1.82) is 0 Å². The van der Waals surface area contributed by atoms with Gasteiger partial charge in [0.05, 0.1) is 17.4 Å². The van der Waals surface area contributed by atoms with E-state index in [1.807, 2.05) is 31.2 Å². The summed E-state index contributed by atoms with van der Waals surface area (Å²) in [5, 5.41) is 13.4. The van der Waals surface area contributed by atoms with E-state index in [9.17, 15) is 29.1 Å². The molecule has 5 aliphatic carbocycles. The number of esters is 1. The van der Waals surface area contributed by atoms with Crippen molar-refractivity contribution in [3.05, 3.63) is 46.0 Å². The van der Waals surface area contributed by atoms with Gasteiger partial charge < -0.3 is 15.2 Å². The van der Waals surface area contributed by atoms with Gasteiger partial charge in [-0.2, -0.15) is 0 Å². The summed E-state index contributed by atoms with van der Waals surface area (Å²) in [4.78, 5) is 67.5. The van der Waals surface area contributed by atoms with E-state index in [1.54, 1.807) is 13.8 Å². The van der Waals surface area contributed by atoms with Gasteiger partial charge in [-0.25, -0.2) is 0 Å². The van der Waals surface area contributed by atoms with Gasteiger partial charge >= 0.3 is 11.9 Å². The van der Waals surface area contributed by atoms with Crippen LogP contribution >= 0.6 is 11.6 Å². The maximum atomic E-state index is 14.6. The lowest BCUT2D eigenvalue weighted by atomic mass is 9.33. The number of aliphatic carboxylic acids is 1. The van der Waals surface area contributed by atoms with Crippen LogP contribution in [0, 0.1) is 56.7 Å². The summed E-state index contributed by atoms with van der Waals surface area (Å²) >= 11 is 6.16. The Morgan fingerprint density at radius 1 is 0.857 bits per heavy atom. The van der Waals surface area contributed by atoms with E-state index >= 15 is 0 Å². The standard InChI is InChI=1S/C47H66ClNO7/c1-11-32(50)37(27(2)3)38-30(39(52)40(53)49-47(24-25-47)28-12-14-29(48)15-13-28)18-22-45(9)31(38)16-17-34-44(8)21-20-35(56-36(51)26-42(4,5)41(54)55)43(6,7)33(44)19-23-46(34,45)10/h12-15,27,30-31,33-35H,11,16-26H2,1-10H3,(H,49,53)(H,54,55)/b38-37+/t30-,31+,33-,34+,35-,44-,45+,46+/m0/s1. The van der Waals surface area contributed by atoms with Crippen LogP contribution < -0.4 is 5.32 Å². The number of hydrogen-bond donors (Lipinski definition) is 2. The van der Waals surface area contributed by atoms with Crippen molar-refractivity contribution in [3.8, 4) is 0 Å². The third-order valence-corrected chi connectivity index (χ3v) is 16.7.